The minimum atomic E-state index is 0.472. The van der Waals surface area contributed by atoms with Crippen molar-refractivity contribution in [3.8, 4) is 17.4 Å². The first-order chi connectivity index (χ1) is 11.6. The van der Waals surface area contributed by atoms with Crippen LogP contribution in [0.3, 0.4) is 0 Å². The van der Waals surface area contributed by atoms with Gasteiger partial charge in [0.05, 0.1) is 14.2 Å². The van der Waals surface area contributed by atoms with E-state index in [1.165, 1.54) is 0 Å². The van der Waals surface area contributed by atoms with Crippen molar-refractivity contribution in [2.75, 3.05) is 20.8 Å². The topological polar surface area (TPSA) is 52.6 Å². The minimum Gasteiger partial charge on any atom is -0.493 e. The van der Waals surface area contributed by atoms with E-state index < -0.39 is 0 Å². The van der Waals surface area contributed by atoms with Crippen molar-refractivity contribution in [3.63, 3.8) is 0 Å². The molecular formula is C19H24N2O3. The van der Waals surface area contributed by atoms with E-state index in [2.05, 4.69) is 16.9 Å². The first-order valence-corrected chi connectivity index (χ1v) is 7.76. The van der Waals surface area contributed by atoms with Crippen molar-refractivity contribution in [2.45, 2.75) is 20.0 Å². The van der Waals surface area contributed by atoms with Gasteiger partial charge in [0.15, 0.2) is 11.5 Å². The van der Waals surface area contributed by atoms with Crippen LogP contribution >= 0.6 is 0 Å². The van der Waals surface area contributed by atoms with E-state index in [1.54, 1.807) is 20.4 Å². The Morgan fingerprint density at radius 2 is 1.96 bits per heavy atom. The molecule has 5 nitrogen and oxygen atoms in total. The fraction of sp³-hybridized carbons (Fsp3) is 0.316. The number of benzene rings is 1. The molecule has 0 spiro atoms. The Morgan fingerprint density at radius 1 is 1.12 bits per heavy atom. The fourth-order valence-electron chi connectivity index (χ4n) is 2.23. The summed E-state index contributed by atoms with van der Waals surface area (Å²) in [6.45, 7) is 7.63. The molecule has 0 amide bonds. The number of nitrogens with zero attached hydrogens (tertiary/aromatic N) is 1. The molecule has 0 atom stereocenters. The van der Waals surface area contributed by atoms with Crippen molar-refractivity contribution in [3.05, 3.63) is 59.8 Å². The molecule has 2 aromatic rings. The van der Waals surface area contributed by atoms with Crippen LogP contribution < -0.4 is 19.5 Å². The maximum Gasteiger partial charge on any atom is 0.217 e. The number of pyridine rings is 1. The lowest BCUT2D eigenvalue weighted by molar-refractivity contribution is 0.319. The molecule has 1 heterocycles. The number of rotatable bonds is 9. The maximum atomic E-state index is 5.75. The lowest BCUT2D eigenvalue weighted by atomic mass is 10.2. The van der Waals surface area contributed by atoms with E-state index in [9.17, 15) is 0 Å². The third kappa shape index (κ3) is 4.99. The van der Waals surface area contributed by atoms with Crippen molar-refractivity contribution in [1.82, 2.24) is 10.3 Å². The van der Waals surface area contributed by atoms with Gasteiger partial charge >= 0.3 is 0 Å². The van der Waals surface area contributed by atoms with Crippen LogP contribution in [0.2, 0.25) is 0 Å². The summed E-state index contributed by atoms with van der Waals surface area (Å²) in [5.41, 5.74) is 3.09. The second kappa shape index (κ2) is 8.93. The molecule has 24 heavy (non-hydrogen) atoms. The molecule has 0 unspecified atom stereocenters. The molecule has 0 fully saturated rings. The highest BCUT2D eigenvalue weighted by Gasteiger charge is 2.07. The van der Waals surface area contributed by atoms with Crippen molar-refractivity contribution < 1.29 is 14.2 Å². The number of aromatic nitrogens is 1. The summed E-state index contributed by atoms with van der Waals surface area (Å²) in [7, 11) is 3.26. The van der Waals surface area contributed by atoms with Crippen LogP contribution in [-0.2, 0) is 13.1 Å². The SMILES string of the molecule is C=C(C)COc1cc(CNCc2cccnc2OC)ccc1OC. The average Bonchev–Trinajstić information content (AvgIpc) is 2.60. The zero-order chi connectivity index (χ0) is 17.4. The van der Waals surface area contributed by atoms with Gasteiger partial charge in [0.1, 0.15) is 6.61 Å². The van der Waals surface area contributed by atoms with Gasteiger partial charge in [-0.1, -0.05) is 18.7 Å². The summed E-state index contributed by atoms with van der Waals surface area (Å²) in [4.78, 5) is 4.19. The van der Waals surface area contributed by atoms with Gasteiger partial charge in [0.25, 0.3) is 0 Å². The van der Waals surface area contributed by atoms with Gasteiger partial charge in [-0.15, -0.1) is 0 Å². The molecule has 0 aliphatic rings. The molecule has 0 saturated heterocycles. The van der Waals surface area contributed by atoms with Gasteiger partial charge < -0.3 is 19.5 Å². The van der Waals surface area contributed by atoms with Gasteiger partial charge in [-0.25, -0.2) is 4.98 Å². The highest BCUT2D eigenvalue weighted by Crippen LogP contribution is 2.28. The van der Waals surface area contributed by atoms with E-state index >= 15 is 0 Å². The quantitative estimate of drug-likeness (QED) is 0.716. The predicted octanol–water partition coefficient (Wildman–Crippen LogP) is 3.34. The molecule has 128 valence electrons. The van der Waals surface area contributed by atoms with Crippen LogP contribution in [0, 0.1) is 0 Å². The lowest BCUT2D eigenvalue weighted by Gasteiger charge is -2.13. The number of methoxy groups -OCH3 is 2. The summed E-state index contributed by atoms with van der Waals surface area (Å²) in [5, 5.41) is 3.39. The summed E-state index contributed by atoms with van der Waals surface area (Å²) >= 11 is 0. The van der Waals surface area contributed by atoms with Gasteiger partial charge in [0.2, 0.25) is 5.88 Å². The first kappa shape index (κ1) is 17.8. The van der Waals surface area contributed by atoms with Crippen LogP contribution in [0.15, 0.2) is 48.7 Å². The molecular weight excluding hydrogens is 304 g/mol. The zero-order valence-corrected chi connectivity index (χ0v) is 14.5. The number of nitrogens with one attached hydrogen (secondary N) is 1. The lowest BCUT2D eigenvalue weighted by Crippen LogP contribution is -2.14. The predicted molar refractivity (Wildman–Crippen MR) is 94.6 cm³/mol. The molecule has 1 aromatic carbocycles. The van der Waals surface area contributed by atoms with Crippen molar-refractivity contribution >= 4 is 0 Å². The van der Waals surface area contributed by atoms with Gasteiger partial charge in [0, 0.05) is 24.8 Å². The number of hydrogen-bond donors (Lipinski definition) is 1. The Morgan fingerprint density at radius 3 is 2.67 bits per heavy atom. The minimum absolute atomic E-state index is 0.472. The van der Waals surface area contributed by atoms with Gasteiger partial charge in [-0.3, -0.25) is 0 Å². The van der Waals surface area contributed by atoms with Crippen LogP contribution in [0.1, 0.15) is 18.1 Å². The Balaban J connectivity index is 1.99. The number of ether oxygens (including phenoxy) is 3. The van der Waals surface area contributed by atoms with E-state index in [0.29, 0.717) is 31.3 Å². The molecule has 0 radical (unpaired) electrons. The third-order valence-corrected chi connectivity index (χ3v) is 3.39. The highest BCUT2D eigenvalue weighted by atomic mass is 16.5. The van der Waals surface area contributed by atoms with E-state index in [4.69, 9.17) is 14.2 Å². The van der Waals surface area contributed by atoms with Crippen LogP contribution in [0.25, 0.3) is 0 Å². The van der Waals surface area contributed by atoms with Crippen LogP contribution in [0.5, 0.6) is 17.4 Å². The summed E-state index contributed by atoms with van der Waals surface area (Å²) in [6, 6.07) is 9.80. The van der Waals surface area contributed by atoms with Crippen molar-refractivity contribution in [2.24, 2.45) is 0 Å². The monoisotopic (exact) mass is 328 g/mol. The smallest absolute Gasteiger partial charge is 0.217 e. The Bertz CT molecular complexity index is 686. The van der Waals surface area contributed by atoms with E-state index in [-0.39, 0.29) is 0 Å². The standard InChI is InChI=1S/C19H24N2O3/c1-14(2)13-24-18-10-15(7-8-17(18)22-3)11-20-12-16-6-5-9-21-19(16)23-4/h5-10,20H,1,11-13H2,2-4H3. The summed E-state index contributed by atoms with van der Waals surface area (Å²) < 4.78 is 16.3. The molecule has 2 rings (SSSR count). The Hall–Kier alpha value is -2.53. The Kier molecular flexibility index (Phi) is 6.63. The largest absolute Gasteiger partial charge is 0.493 e. The number of hydrogen-bond acceptors (Lipinski definition) is 5. The van der Waals surface area contributed by atoms with Gasteiger partial charge in [-0.05, 0) is 36.3 Å². The van der Waals surface area contributed by atoms with Crippen LogP contribution in [-0.4, -0.2) is 25.8 Å². The zero-order valence-electron chi connectivity index (χ0n) is 14.5. The summed E-state index contributed by atoms with van der Waals surface area (Å²) in [5.74, 6) is 2.08. The molecule has 0 bridgehead atoms. The average molecular weight is 328 g/mol. The summed E-state index contributed by atoms with van der Waals surface area (Å²) in [6.07, 6.45) is 1.72. The van der Waals surface area contributed by atoms with Crippen molar-refractivity contribution in [1.29, 1.82) is 0 Å². The molecule has 0 saturated carbocycles. The second-order valence-corrected chi connectivity index (χ2v) is 5.51. The molecule has 0 aliphatic heterocycles. The van der Waals surface area contributed by atoms with E-state index in [1.807, 2.05) is 37.3 Å². The van der Waals surface area contributed by atoms with E-state index in [0.717, 1.165) is 22.4 Å². The fourth-order valence-corrected chi connectivity index (χ4v) is 2.23. The van der Waals surface area contributed by atoms with Crippen LogP contribution in [0.4, 0.5) is 0 Å². The molecule has 5 heteroatoms. The maximum absolute atomic E-state index is 5.75. The Labute approximate surface area is 143 Å². The molecule has 1 aromatic heterocycles. The molecule has 0 aliphatic carbocycles. The second-order valence-electron chi connectivity index (χ2n) is 5.51. The van der Waals surface area contributed by atoms with Gasteiger partial charge in [-0.2, -0.15) is 0 Å². The normalized spacial score (nSPS) is 10.3. The first-order valence-electron chi connectivity index (χ1n) is 7.76. The molecule has 1 N–H and O–H groups in total. The third-order valence-electron chi connectivity index (χ3n) is 3.39. The highest BCUT2D eigenvalue weighted by molar-refractivity contribution is 5.43.